The number of amides is 3. The van der Waals surface area contributed by atoms with Crippen molar-refractivity contribution in [3.8, 4) is 0 Å². The largest absolute Gasteiger partial charge is 0.479 e. The molecule has 3 N–H and O–H groups in total. The van der Waals surface area contributed by atoms with Crippen LogP contribution in [0.5, 0.6) is 0 Å². The Balaban J connectivity index is 1.79. The molecule has 0 spiro atoms. The van der Waals surface area contributed by atoms with Crippen molar-refractivity contribution in [3.05, 3.63) is 64.7 Å². The molecule has 140 valence electrons. The number of carbonyl (C=O) groups is 3. The van der Waals surface area contributed by atoms with E-state index in [-0.39, 0.29) is 6.03 Å². The summed E-state index contributed by atoms with van der Waals surface area (Å²) in [5, 5.41) is 14.9. The van der Waals surface area contributed by atoms with Gasteiger partial charge >= 0.3 is 12.0 Å². The van der Waals surface area contributed by atoms with E-state index < -0.39 is 17.9 Å². The molecule has 3 amide bonds. The minimum atomic E-state index is -1.14. The molecule has 7 nitrogen and oxygen atoms in total. The third kappa shape index (κ3) is 3.76. The molecule has 3 rings (SSSR count). The first kappa shape index (κ1) is 18.4. The summed E-state index contributed by atoms with van der Waals surface area (Å²) in [7, 11) is 0. The van der Waals surface area contributed by atoms with E-state index in [9.17, 15) is 19.5 Å². The SMILES string of the molecule is Cc1cccc(C(NC(=O)c2ccc(N3CCNC3=O)cc2)C(=O)O)c1C. The maximum absolute atomic E-state index is 12.6. The lowest BCUT2D eigenvalue weighted by Crippen LogP contribution is -2.34. The van der Waals surface area contributed by atoms with Crippen LogP contribution < -0.4 is 15.5 Å². The van der Waals surface area contributed by atoms with Gasteiger partial charge in [-0.3, -0.25) is 9.69 Å². The van der Waals surface area contributed by atoms with Gasteiger partial charge < -0.3 is 15.7 Å². The van der Waals surface area contributed by atoms with Gasteiger partial charge in [-0.25, -0.2) is 9.59 Å². The predicted octanol–water partition coefficient (Wildman–Crippen LogP) is 2.39. The molecule has 7 heteroatoms. The zero-order chi connectivity index (χ0) is 19.6. The fourth-order valence-corrected chi connectivity index (χ4v) is 3.08. The van der Waals surface area contributed by atoms with Gasteiger partial charge in [-0.05, 0) is 54.8 Å². The Morgan fingerprint density at radius 1 is 1.15 bits per heavy atom. The van der Waals surface area contributed by atoms with Gasteiger partial charge in [0.05, 0.1) is 0 Å². The fraction of sp³-hybridized carbons (Fsp3) is 0.250. The Kier molecular flexibility index (Phi) is 5.12. The van der Waals surface area contributed by atoms with E-state index in [4.69, 9.17) is 0 Å². The number of nitrogens with zero attached hydrogens (tertiary/aromatic N) is 1. The van der Waals surface area contributed by atoms with Crippen LogP contribution in [0.4, 0.5) is 10.5 Å². The lowest BCUT2D eigenvalue weighted by atomic mass is 9.97. The van der Waals surface area contributed by atoms with E-state index in [1.54, 1.807) is 41.3 Å². The third-order valence-electron chi connectivity index (χ3n) is 4.78. The number of aliphatic carboxylic acids is 1. The molecular weight excluding hydrogens is 346 g/mol. The summed E-state index contributed by atoms with van der Waals surface area (Å²) in [4.78, 5) is 37.6. The predicted molar refractivity (Wildman–Crippen MR) is 101 cm³/mol. The second-order valence-corrected chi connectivity index (χ2v) is 6.46. The molecule has 0 radical (unpaired) electrons. The van der Waals surface area contributed by atoms with Crippen LogP contribution in [0.3, 0.4) is 0 Å². The minimum Gasteiger partial charge on any atom is -0.479 e. The van der Waals surface area contributed by atoms with Gasteiger partial charge in [0.2, 0.25) is 0 Å². The molecule has 1 atom stereocenters. The molecule has 27 heavy (non-hydrogen) atoms. The average molecular weight is 367 g/mol. The van der Waals surface area contributed by atoms with E-state index in [1.807, 2.05) is 19.9 Å². The first-order valence-corrected chi connectivity index (χ1v) is 8.63. The van der Waals surface area contributed by atoms with E-state index >= 15 is 0 Å². The molecule has 1 aliphatic rings. The zero-order valence-corrected chi connectivity index (χ0v) is 15.2. The number of carboxylic acid groups (broad SMARTS) is 1. The Morgan fingerprint density at radius 3 is 2.44 bits per heavy atom. The molecular formula is C20H21N3O4. The summed E-state index contributed by atoms with van der Waals surface area (Å²) in [5.41, 5.74) is 3.36. The van der Waals surface area contributed by atoms with Gasteiger partial charge in [0.25, 0.3) is 5.91 Å². The number of benzene rings is 2. The Morgan fingerprint density at radius 2 is 1.85 bits per heavy atom. The molecule has 0 saturated carbocycles. The van der Waals surface area contributed by atoms with Crippen molar-refractivity contribution < 1.29 is 19.5 Å². The highest BCUT2D eigenvalue weighted by Crippen LogP contribution is 2.22. The smallest absolute Gasteiger partial charge is 0.330 e. The van der Waals surface area contributed by atoms with Crippen LogP contribution in [0.15, 0.2) is 42.5 Å². The molecule has 1 saturated heterocycles. The lowest BCUT2D eigenvalue weighted by Gasteiger charge is -2.19. The van der Waals surface area contributed by atoms with Gasteiger partial charge in [-0.15, -0.1) is 0 Å². The standard InChI is InChI=1S/C20H21N3O4/c1-12-4-3-5-16(13(12)2)17(19(25)26)22-18(24)14-6-8-15(9-7-14)23-11-10-21-20(23)27/h3-9,17H,10-11H2,1-2H3,(H,21,27)(H,22,24)(H,25,26). The number of urea groups is 1. The maximum atomic E-state index is 12.6. The highest BCUT2D eigenvalue weighted by molar-refractivity contribution is 5.98. The van der Waals surface area contributed by atoms with Crippen molar-refractivity contribution in [2.24, 2.45) is 0 Å². The first-order chi connectivity index (χ1) is 12.9. The van der Waals surface area contributed by atoms with Crippen molar-refractivity contribution in [2.75, 3.05) is 18.0 Å². The van der Waals surface area contributed by atoms with Gasteiger partial charge in [0.15, 0.2) is 6.04 Å². The van der Waals surface area contributed by atoms with Gasteiger partial charge in [-0.2, -0.15) is 0 Å². The number of carbonyl (C=O) groups excluding carboxylic acids is 2. The average Bonchev–Trinajstić information content (AvgIpc) is 3.08. The number of nitrogens with one attached hydrogen (secondary N) is 2. The molecule has 0 bridgehead atoms. The highest BCUT2D eigenvalue weighted by atomic mass is 16.4. The highest BCUT2D eigenvalue weighted by Gasteiger charge is 2.25. The topological polar surface area (TPSA) is 98.7 Å². The van der Waals surface area contributed by atoms with Gasteiger partial charge in [0.1, 0.15) is 0 Å². The number of anilines is 1. The normalized spacial score (nSPS) is 14.6. The fourth-order valence-electron chi connectivity index (χ4n) is 3.08. The minimum absolute atomic E-state index is 0.173. The summed E-state index contributed by atoms with van der Waals surface area (Å²) in [6.07, 6.45) is 0. The van der Waals surface area contributed by atoms with Crippen molar-refractivity contribution >= 4 is 23.6 Å². The molecule has 1 aliphatic heterocycles. The number of rotatable bonds is 5. The quantitative estimate of drug-likeness (QED) is 0.756. The summed E-state index contributed by atoms with van der Waals surface area (Å²) in [6.45, 7) is 4.88. The van der Waals surface area contributed by atoms with Crippen LogP contribution in [0, 0.1) is 13.8 Å². The Hall–Kier alpha value is -3.35. The van der Waals surface area contributed by atoms with E-state index in [0.29, 0.717) is 29.9 Å². The van der Waals surface area contributed by atoms with E-state index in [1.165, 1.54) is 0 Å². The van der Waals surface area contributed by atoms with Crippen LogP contribution in [-0.4, -0.2) is 36.1 Å². The molecule has 0 aliphatic carbocycles. The van der Waals surface area contributed by atoms with Crippen molar-refractivity contribution in [1.82, 2.24) is 10.6 Å². The Labute approximate surface area is 157 Å². The third-order valence-corrected chi connectivity index (χ3v) is 4.78. The second kappa shape index (κ2) is 7.49. The van der Waals surface area contributed by atoms with Crippen LogP contribution in [0.25, 0.3) is 0 Å². The number of aryl methyl sites for hydroxylation is 1. The maximum Gasteiger partial charge on any atom is 0.330 e. The number of hydrogen-bond acceptors (Lipinski definition) is 3. The summed E-state index contributed by atoms with van der Waals surface area (Å²) < 4.78 is 0. The number of hydrogen-bond donors (Lipinski definition) is 3. The molecule has 1 heterocycles. The molecule has 1 unspecified atom stereocenters. The van der Waals surface area contributed by atoms with Crippen molar-refractivity contribution in [3.63, 3.8) is 0 Å². The van der Waals surface area contributed by atoms with Gasteiger partial charge in [-0.1, -0.05) is 18.2 Å². The monoisotopic (exact) mass is 367 g/mol. The molecule has 2 aromatic rings. The number of carboxylic acids is 1. The summed E-state index contributed by atoms with van der Waals surface area (Å²) in [5.74, 6) is -1.61. The van der Waals surface area contributed by atoms with Crippen LogP contribution >= 0.6 is 0 Å². The lowest BCUT2D eigenvalue weighted by molar-refractivity contribution is -0.139. The Bertz CT molecular complexity index is 893. The van der Waals surface area contributed by atoms with Crippen molar-refractivity contribution in [1.29, 1.82) is 0 Å². The summed E-state index contributed by atoms with van der Waals surface area (Å²) in [6, 6.07) is 10.6. The van der Waals surface area contributed by atoms with Crippen LogP contribution in [0.2, 0.25) is 0 Å². The second-order valence-electron chi connectivity index (χ2n) is 6.46. The summed E-state index contributed by atoms with van der Waals surface area (Å²) >= 11 is 0. The molecule has 0 aromatic heterocycles. The molecule has 1 fully saturated rings. The van der Waals surface area contributed by atoms with E-state index in [2.05, 4.69) is 10.6 Å². The molecule has 2 aromatic carbocycles. The zero-order valence-electron chi connectivity index (χ0n) is 15.2. The van der Waals surface area contributed by atoms with E-state index in [0.717, 1.165) is 11.1 Å². The van der Waals surface area contributed by atoms with Crippen LogP contribution in [0.1, 0.15) is 33.1 Å². The van der Waals surface area contributed by atoms with Crippen LogP contribution in [-0.2, 0) is 4.79 Å². The van der Waals surface area contributed by atoms with Gasteiger partial charge in [0, 0.05) is 24.3 Å². The first-order valence-electron chi connectivity index (χ1n) is 8.63. The van der Waals surface area contributed by atoms with Crippen molar-refractivity contribution in [2.45, 2.75) is 19.9 Å².